The van der Waals surface area contributed by atoms with Crippen LogP contribution in [0.15, 0.2) is 65.3 Å². The van der Waals surface area contributed by atoms with Crippen LogP contribution in [0, 0.1) is 0 Å². The molecule has 1 aliphatic heterocycles. The van der Waals surface area contributed by atoms with Gasteiger partial charge in [-0.3, -0.25) is 14.6 Å². The fourth-order valence-corrected chi connectivity index (χ4v) is 4.03. The van der Waals surface area contributed by atoms with Crippen molar-refractivity contribution in [3.8, 4) is 5.75 Å². The summed E-state index contributed by atoms with van der Waals surface area (Å²) in [5.41, 5.74) is 0.0651. The van der Waals surface area contributed by atoms with Gasteiger partial charge in [0.1, 0.15) is 29.9 Å². The Morgan fingerprint density at radius 2 is 2.19 bits per heavy atom. The number of likely N-dealkylation sites (tertiary alicyclic amines) is 1. The Morgan fingerprint density at radius 3 is 2.84 bits per heavy atom. The predicted octanol–water partition coefficient (Wildman–Crippen LogP) is 2.26. The first kappa shape index (κ1) is 21.7. The number of aromatic amines is 1. The highest BCUT2D eigenvalue weighted by atomic mass is 35.5. The fourth-order valence-electron chi connectivity index (χ4n) is 3.80. The zero-order valence-corrected chi connectivity index (χ0v) is 18.2. The van der Waals surface area contributed by atoms with Gasteiger partial charge < -0.3 is 19.2 Å². The number of benzene rings is 1. The third kappa shape index (κ3) is 4.13. The summed E-state index contributed by atoms with van der Waals surface area (Å²) in [5.74, 6) is -1.30. The number of carbonyl (C=O) groups excluding carboxylic acids is 2. The summed E-state index contributed by atoms with van der Waals surface area (Å²) in [6.07, 6.45) is 7.51. The highest BCUT2D eigenvalue weighted by Crippen LogP contribution is 2.39. The molecule has 1 atom stereocenters. The molecule has 0 radical (unpaired) electrons. The monoisotopic (exact) mass is 455 g/mol. The number of hydrogen-bond donors (Lipinski definition) is 1. The SMILES string of the molecule is CCOc1ccc(C([O-])=C2C(=O)C(=O)N(CCC[n+]3cc[nH]c3)C2c2ccco2)cc1Cl. The Morgan fingerprint density at radius 1 is 1.34 bits per heavy atom. The largest absolute Gasteiger partial charge is 0.872 e. The molecule has 1 aromatic carbocycles. The number of amides is 1. The highest BCUT2D eigenvalue weighted by molar-refractivity contribution is 6.46. The summed E-state index contributed by atoms with van der Waals surface area (Å²) in [6, 6.07) is 6.99. The molecule has 9 heteroatoms. The molecule has 1 saturated heterocycles. The van der Waals surface area contributed by atoms with Gasteiger partial charge in [-0.2, -0.15) is 0 Å². The number of H-pyrrole nitrogens is 1. The first-order valence-corrected chi connectivity index (χ1v) is 10.6. The Kier molecular flexibility index (Phi) is 6.32. The number of carbonyl (C=O) groups is 2. The summed E-state index contributed by atoms with van der Waals surface area (Å²) in [6.45, 7) is 3.18. The number of aromatic nitrogens is 2. The van der Waals surface area contributed by atoms with Crippen LogP contribution in [-0.4, -0.2) is 34.7 Å². The molecule has 1 amide bonds. The van der Waals surface area contributed by atoms with Crippen LogP contribution >= 0.6 is 11.6 Å². The molecule has 0 aliphatic carbocycles. The lowest BCUT2D eigenvalue weighted by Crippen LogP contribution is -2.36. The number of ether oxygens (including phenoxy) is 1. The molecule has 166 valence electrons. The maximum Gasteiger partial charge on any atom is 0.295 e. The van der Waals surface area contributed by atoms with Crippen molar-refractivity contribution in [2.75, 3.05) is 13.2 Å². The Hall–Kier alpha value is -3.52. The number of nitrogens with one attached hydrogen (secondary N) is 1. The van der Waals surface area contributed by atoms with Gasteiger partial charge in [-0.15, -0.1) is 0 Å². The lowest BCUT2D eigenvalue weighted by Gasteiger charge is -2.25. The molecule has 0 spiro atoms. The lowest BCUT2D eigenvalue weighted by atomic mass is 9.99. The normalized spacial score (nSPS) is 17.8. The number of ketones is 1. The van der Waals surface area contributed by atoms with E-state index in [1.165, 1.54) is 23.3 Å². The average molecular weight is 456 g/mol. The van der Waals surface area contributed by atoms with E-state index in [4.69, 9.17) is 20.8 Å². The number of hydrogen-bond acceptors (Lipinski definition) is 5. The first-order valence-electron chi connectivity index (χ1n) is 10.3. The molecule has 3 aromatic rings. The van der Waals surface area contributed by atoms with Gasteiger partial charge >= 0.3 is 0 Å². The molecular formula is C23H22ClN3O5. The van der Waals surface area contributed by atoms with Crippen LogP contribution in [0.5, 0.6) is 5.75 Å². The summed E-state index contributed by atoms with van der Waals surface area (Å²) in [4.78, 5) is 30.1. The number of furan rings is 1. The maximum atomic E-state index is 13.3. The third-order valence-corrected chi connectivity index (χ3v) is 5.55. The standard InChI is InChI=1S/C23H22ClN3O5/c1-2-31-17-7-6-15(13-16(17)24)21(28)19-20(18-5-3-12-32-18)27(23(30)22(19)29)10-4-9-26-11-8-25-14-26/h3,5-8,11-14,20H,2,4,9-10H2,1H3,(H,28,29). The molecule has 3 heterocycles. The van der Waals surface area contributed by atoms with Crippen molar-refractivity contribution in [3.05, 3.63) is 77.2 Å². The molecule has 4 rings (SSSR count). The van der Waals surface area contributed by atoms with Gasteiger partial charge in [-0.05, 0) is 36.8 Å². The van der Waals surface area contributed by atoms with Crippen LogP contribution in [0.3, 0.4) is 0 Å². The van der Waals surface area contributed by atoms with Crippen molar-refractivity contribution in [1.29, 1.82) is 0 Å². The fraction of sp³-hybridized carbons (Fsp3) is 0.261. The minimum absolute atomic E-state index is 0.139. The van der Waals surface area contributed by atoms with E-state index < -0.39 is 23.5 Å². The van der Waals surface area contributed by atoms with Gasteiger partial charge in [-0.25, -0.2) is 4.57 Å². The molecule has 1 aliphatic rings. The Balaban J connectivity index is 1.68. The second kappa shape index (κ2) is 9.32. The smallest absolute Gasteiger partial charge is 0.295 e. The van der Waals surface area contributed by atoms with E-state index in [-0.39, 0.29) is 22.7 Å². The van der Waals surface area contributed by atoms with E-state index >= 15 is 0 Å². The zero-order valence-electron chi connectivity index (χ0n) is 17.4. The molecular weight excluding hydrogens is 434 g/mol. The number of halogens is 1. The van der Waals surface area contributed by atoms with Crippen molar-refractivity contribution < 1.29 is 28.4 Å². The Bertz CT molecular complexity index is 1140. The van der Waals surface area contributed by atoms with Gasteiger partial charge in [0.05, 0.1) is 24.4 Å². The second-order valence-corrected chi connectivity index (χ2v) is 7.68. The number of nitrogens with zero attached hydrogens (tertiary/aromatic N) is 2. The molecule has 8 nitrogen and oxygen atoms in total. The van der Waals surface area contributed by atoms with E-state index in [1.54, 1.807) is 30.7 Å². The molecule has 0 bridgehead atoms. The number of aryl methyl sites for hydroxylation is 1. The van der Waals surface area contributed by atoms with E-state index in [0.717, 1.165) is 0 Å². The molecule has 32 heavy (non-hydrogen) atoms. The van der Waals surface area contributed by atoms with Crippen LogP contribution < -0.4 is 14.4 Å². The summed E-state index contributed by atoms with van der Waals surface area (Å²) in [7, 11) is 0. The zero-order chi connectivity index (χ0) is 22.7. The van der Waals surface area contributed by atoms with Gasteiger partial charge in [0.25, 0.3) is 5.91 Å². The van der Waals surface area contributed by atoms with E-state index in [0.29, 0.717) is 31.1 Å². The number of imidazole rings is 1. The van der Waals surface area contributed by atoms with E-state index in [2.05, 4.69) is 4.98 Å². The average Bonchev–Trinajstić information content (AvgIpc) is 3.53. The van der Waals surface area contributed by atoms with Crippen molar-refractivity contribution in [2.24, 2.45) is 0 Å². The van der Waals surface area contributed by atoms with Crippen molar-refractivity contribution >= 4 is 29.1 Å². The van der Waals surface area contributed by atoms with E-state index in [1.807, 2.05) is 17.7 Å². The minimum Gasteiger partial charge on any atom is -0.872 e. The van der Waals surface area contributed by atoms with Crippen LogP contribution in [0.25, 0.3) is 5.76 Å². The van der Waals surface area contributed by atoms with Crippen molar-refractivity contribution in [1.82, 2.24) is 9.88 Å². The topological polar surface area (TPSA) is 102 Å². The lowest BCUT2D eigenvalue weighted by molar-refractivity contribution is -0.695. The van der Waals surface area contributed by atoms with Gasteiger partial charge in [-0.1, -0.05) is 23.4 Å². The van der Waals surface area contributed by atoms with Gasteiger partial charge in [0.2, 0.25) is 12.1 Å². The van der Waals surface area contributed by atoms with Crippen LogP contribution in [-0.2, 0) is 16.1 Å². The summed E-state index contributed by atoms with van der Waals surface area (Å²) >= 11 is 6.23. The minimum atomic E-state index is -0.890. The Labute approximate surface area is 189 Å². The van der Waals surface area contributed by atoms with Gasteiger partial charge in [0, 0.05) is 18.5 Å². The molecule has 1 unspecified atom stereocenters. The summed E-state index contributed by atoms with van der Waals surface area (Å²) in [5, 5.41) is 13.6. The van der Waals surface area contributed by atoms with Crippen molar-refractivity contribution in [2.45, 2.75) is 25.9 Å². The third-order valence-electron chi connectivity index (χ3n) is 5.25. The van der Waals surface area contributed by atoms with Crippen LogP contribution in [0.4, 0.5) is 0 Å². The first-order chi connectivity index (χ1) is 15.5. The van der Waals surface area contributed by atoms with Crippen LogP contribution in [0.2, 0.25) is 5.02 Å². The molecule has 0 saturated carbocycles. The van der Waals surface area contributed by atoms with Gasteiger partial charge in [0.15, 0.2) is 0 Å². The molecule has 1 N–H and O–H groups in total. The molecule has 2 aromatic heterocycles. The molecule has 1 fully saturated rings. The number of Topliss-reactive ketones (excluding diaryl/α,β-unsaturated/α-hetero) is 1. The number of rotatable bonds is 8. The van der Waals surface area contributed by atoms with Crippen molar-refractivity contribution in [3.63, 3.8) is 0 Å². The van der Waals surface area contributed by atoms with Crippen LogP contribution in [0.1, 0.15) is 30.7 Å². The quantitative estimate of drug-likeness (QED) is 0.243. The second-order valence-electron chi connectivity index (χ2n) is 7.27. The van der Waals surface area contributed by atoms with E-state index in [9.17, 15) is 14.7 Å². The maximum absolute atomic E-state index is 13.3. The summed E-state index contributed by atoms with van der Waals surface area (Å²) < 4.78 is 12.9. The predicted molar refractivity (Wildman–Crippen MR) is 113 cm³/mol. The highest BCUT2D eigenvalue weighted by Gasteiger charge is 2.45.